The molecule has 0 spiro atoms. The third-order valence-electron chi connectivity index (χ3n) is 6.68. The summed E-state index contributed by atoms with van der Waals surface area (Å²) in [5.74, 6) is 2.42. The van der Waals surface area contributed by atoms with Gasteiger partial charge in [-0.3, -0.25) is 0 Å². The lowest BCUT2D eigenvalue weighted by Crippen LogP contribution is -2.28. The molecule has 180 valence electrons. The maximum absolute atomic E-state index is 13.8. The van der Waals surface area contributed by atoms with Crippen LogP contribution in [0.4, 0.5) is 10.2 Å². The number of hydrogen-bond donors (Lipinski definition) is 1. The highest BCUT2D eigenvalue weighted by Crippen LogP contribution is 2.33. The van der Waals surface area contributed by atoms with E-state index >= 15 is 0 Å². The second-order valence-electron chi connectivity index (χ2n) is 9.21. The van der Waals surface area contributed by atoms with Crippen molar-refractivity contribution < 1.29 is 9.13 Å². The summed E-state index contributed by atoms with van der Waals surface area (Å²) in [6.45, 7) is 5.84. The van der Waals surface area contributed by atoms with Crippen LogP contribution in [0.1, 0.15) is 28.2 Å². The molecule has 0 saturated heterocycles. The van der Waals surface area contributed by atoms with E-state index in [9.17, 15) is 4.39 Å². The van der Waals surface area contributed by atoms with Gasteiger partial charge >= 0.3 is 0 Å². The van der Waals surface area contributed by atoms with E-state index in [2.05, 4.69) is 55.2 Å². The number of halogens is 1. The Hall–Kier alpha value is -4.26. The first-order chi connectivity index (χ1) is 17.5. The Morgan fingerprint density at radius 3 is 2.75 bits per heavy atom. The van der Waals surface area contributed by atoms with Crippen LogP contribution in [0.25, 0.3) is 22.2 Å². The number of fused-ring (bicyclic) bond motifs is 2. The van der Waals surface area contributed by atoms with Gasteiger partial charge in [-0.1, -0.05) is 24.3 Å². The highest BCUT2D eigenvalue weighted by atomic mass is 19.1. The van der Waals surface area contributed by atoms with Gasteiger partial charge in [0.2, 0.25) is 0 Å². The Morgan fingerprint density at radius 2 is 1.86 bits per heavy atom. The van der Waals surface area contributed by atoms with Gasteiger partial charge in [0.25, 0.3) is 0 Å². The van der Waals surface area contributed by atoms with Crippen molar-refractivity contribution in [2.45, 2.75) is 26.8 Å². The molecule has 0 bridgehead atoms. The second kappa shape index (κ2) is 9.07. The molecule has 3 aromatic carbocycles. The van der Waals surface area contributed by atoms with Crippen molar-refractivity contribution in [3.8, 4) is 16.9 Å². The first-order valence-electron chi connectivity index (χ1n) is 12.1. The van der Waals surface area contributed by atoms with Crippen molar-refractivity contribution in [1.82, 2.24) is 19.9 Å². The minimum Gasteiger partial charge on any atom is -0.491 e. The molecule has 1 aliphatic heterocycles. The lowest BCUT2D eigenvalue weighted by atomic mass is 10.0. The molecule has 36 heavy (non-hydrogen) atoms. The molecule has 5 aromatic rings. The number of imidazole rings is 1. The van der Waals surface area contributed by atoms with E-state index in [-0.39, 0.29) is 5.82 Å². The number of anilines is 1. The number of aryl methyl sites for hydroxylation is 2. The number of rotatable bonds is 4. The molecule has 1 aliphatic rings. The minimum absolute atomic E-state index is 0.239. The second-order valence-corrected chi connectivity index (χ2v) is 9.21. The largest absolute Gasteiger partial charge is 0.491 e. The van der Waals surface area contributed by atoms with Crippen molar-refractivity contribution in [2.75, 3.05) is 18.1 Å². The summed E-state index contributed by atoms with van der Waals surface area (Å²) >= 11 is 0. The quantitative estimate of drug-likeness (QED) is 0.355. The fraction of sp³-hybridized carbons (Fsp3) is 0.207. The Morgan fingerprint density at radius 1 is 1.00 bits per heavy atom. The van der Waals surface area contributed by atoms with Gasteiger partial charge in [-0.15, -0.1) is 0 Å². The van der Waals surface area contributed by atoms with Gasteiger partial charge in [0.15, 0.2) is 0 Å². The van der Waals surface area contributed by atoms with E-state index in [1.54, 1.807) is 18.5 Å². The van der Waals surface area contributed by atoms with E-state index in [0.29, 0.717) is 26.1 Å². The van der Waals surface area contributed by atoms with Gasteiger partial charge in [0, 0.05) is 29.8 Å². The van der Waals surface area contributed by atoms with Gasteiger partial charge < -0.3 is 14.6 Å². The van der Waals surface area contributed by atoms with Crippen LogP contribution < -0.4 is 9.64 Å². The predicted molar refractivity (Wildman–Crippen MR) is 139 cm³/mol. The standard InChI is InChI=1S/C29H26FN5O/c1-18-25(13-20-4-3-5-24(30)12-20)29(32-17-31-18)35-10-11-36-28-9-7-21(14-23(28)16-35)22-6-8-26-27(15-22)34-19(2)33-26/h3-9,12,14-15,17H,10-11,13,16H2,1-2H3,(H,33,34). The first kappa shape index (κ1) is 22.2. The monoisotopic (exact) mass is 479 g/mol. The van der Waals surface area contributed by atoms with Crippen molar-refractivity contribution in [1.29, 1.82) is 0 Å². The molecule has 0 fully saturated rings. The summed E-state index contributed by atoms with van der Waals surface area (Å²) in [4.78, 5) is 19.2. The van der Waals surface area contributed by atoms with E-state index in [1.807, 2.05) is 26.0 Å². The van der Waals surface area contributed by atoms with Crippen LogP contribution in [0.2, 0.25) is 0 Å². The lowest BCUT2D eigenvalue weighted by molar-refractivity contribution is 0.331. The minimum atomic E-state index is -0.239. The number of H-pyrrole nitrogens is 1. The number of ether oxygens (including phenoxy) is 1. The maximum atomic E-state index is 13.8. The van der Waals surface area contributed by atoms with Crippen LogP contribution in [0.15, 0.2) is 67.0 Å². The van der Waals surface area contributed by atoms with Crippen LogP contribution in [-0.2, 0) is 13.0 Å². The average Bonchev–Trinajstić information content (AvgIpc) is 3.11. The summed E-state index contributed by atoms with van der Waals surface area (Å²) in [7, 11) is 0. The lowest BCUT2D eigenvalue weighted by Gasteiger charge is -2.24. The van der Waals surface area contributed by atoms with Crippen LogP contribution in [0, 0.1) is 19.7 Å². The Bertz CT molecular complexity index is 1580. The van der Waals surface area contributed by atoms with Gasteiger partial charge in [0.1, 0.15) is 36.1 Å². The molecule has 6 rings (SSSR count). The van der Waals surface area contributed by atoms with Crippen molar-refractivity contribution in [3.05, 3.63) is 101 Å². The summed E-state index contributed by atoms with van der Waals surface area (Å²) < 4.78 is 20.0. The van der Waals surface area contributed by atoms with E-state index in [4.69, 9.17) is 4.74 Å². The summed E-state index contributed by atoms with van der Waals surface area (Å²) in [6.07, 6.45) is 2.16. The number of aromatic amines is 1. The summed E-state index contributed by atoms with van der Waals surface area (Å²) in [5.41, 5.74) is 8.11. The van der Waals surface area contributed by atoms with Crippen molar-refractivity contribution >= 4 is 16.9 Å². The Labute approximate surface area is 208 Å². The average molecular weight is 480 g/mol. The van der Waals surface area contributed by atoms with Crippen LogP contribution >= 0.6 is 0 Å². The smallest absolute Gasteiger partial charge is 0.136 e. The molecular weight excluding hydrogens is 453 g/mol. The molecule has 7 heteroatoms. The summed E-state index contributed by atoms with van der Waals surface area (Å²) in [6, 6.07) is 19.3. The molecule has 0 unspecified atom stereocenters. The fourth-order valence-corrected chi connectivity index (χ4v) is 4.89. The number of benzene rings is 3. The number of nitrogens with zero attached hydrogens (tertiary/aromatic N) is 4. The summed E-state index contributed by atoms with van der Waals surface area (Å²) in [5, 5.41) is 0. The molecule has 0 atom stereocenters. The number of aromatic nitrogens is 4. The van der Waals surface area contributed by atoms with E-state index < -0.39 is 0 Å². The van der Waals surface area contributed by atoms with Crippen molar-refractivity contribution in [3.63, 3.8) is 0 Å². The normalized spacial score (nSPS) is 13.4. The molecule has 2 aromatic heterocycles. The van der Waals surface area contributed by atoms with Crippen LogP contribution in [0.5, 0.6) is 5.75 Å². The Balaban J connectivity index is 1.34. The SMILES string of the molecule is Cc1nc2ccc(-c3ccc4c(c3)CN(c3ncnc(C)c3Cc3cccc(F)c3)CCO4)cc2[nH]1. The first-order valence-corrected chi connectivity index (χ1v) is 12.1. The molecule has 0 aliphatic carbocycles. The highest BCUT2D eigenvalue weighted by Gasteiger charge is 2.21. The molecule has 6 nitrogen and oxygen atoms in total. The molecule has 0 radical (unpaired) electrons. The van der Waals surface area contributed by atoms with E-state index in [0.717, 1.165) is 61.9 Å². The zero-order valence-corrected chi connectivity index (χ0v) is 20.3. The van der Waals surface area contributed by atoms with Crippen LogP contribution in [-0.4, -0.2) is 33.1 Å². The molecule has 0 amide bonds. The molecular formula is C29H26FN5O. The third kappa shape index (κ3) is 4.28. The van der Waals surface area contributed by atoms with Gasteiger partial charge in [-0.05, 0) is 66.9 Å². The van der Waals surface area contributed by atoms with Gasteiger partial charge in [-0.25, -0.2) is 19.3 Å². The predicted octanol–water partition coefficient (Wildman–Crippen LogP) is 5.77. The zero-order chi connectivity index (χ0) is 24.6. The van der Waals surface area contributed by atoms with E-state index in [1.165, 1.54) is 6.07 Å². The zero-order valence-electron chi connectivity index (χ0n) is 20.3. The van der Waals surface area contributed by atoms with Gasteiger partial charge in [-0.2, -0.15) is 0 Å². The highest BCUT2D eigenvalue weighted by molar-refractivity contribution is 5.82. The van der Waals surface area contributed by atoms with Crippen LogP contribution in [0.3, 0.4) is 0 Å². The fourth-order valence-electron chi connectivity index (χ4n) is 4.89. The molecule has 3 heterocycles. The maximum Gasteiger partial charge on any atom is 0.136 e. The Kier molecular flexibility index (Phi) is 5.60. The topological polar surface area (TPSA) is 66.9 Å². The molecule has 1 N–H and O–H groups in total. The molecule has 0 saturated carbocycles. The third-order valence-corrected chi connectivity index (χ3v) is 6.68. The number of hydrogen-bond acceptors (Lipinski definition) is 5. The van der Waals surface area contributed by atoms with Gasteiger partial charge in [0.05, 0.1) is 17.6 Å². The van der Waals surface area contributed by atoms with Crippen molar-refractivity contribution in [2.24, 2.45) is 0 Å². The number of nitrogens with one attached hydrogen (secondary N) is 1.